The maximum atomic E-state index is 14.1. The predicted molar refractivity (Wildman–Crippen MR) is 82.0 cm³/mol. The van der Waals surface area contributed by atoms with Gasteiger partial charge in [-0.2, -0.15) is 0 Å². The highest BCUT2D eigenvalue weighted by Gasteiger charge is 2.32. The van der Waals surface area contributed by atoms with Crippen molar-refractivity contribution in [1.29, 1.82) is 0 Å². The van der Waals surface area contributed by atoms with Crippen LogP contribution in [0, 0.1) is 17.6 Å². The van der Waals surface area contributed by atoms with Gasteiger partial charge < -0.3 is 5.73 Å². The summed E-state index contributed by atoms with van der Waals surface area (Å²) in [4.78, 5) is 2.29. The van der Waals surface area contributed by atoms with E-state index in [1.165, 1.54) is 18.9 Å². The van der Waals surface area contributed by atoms with Crippen LogP contribution in [0.3, 0.4) is 0 Å². The van der Waals surface area contributed by atoms with Crippen molar-refractivity contribution in [3.05, 3.63) is 35.4 Å². The molecule has 3 atom stereocenters. The summed E-state index contributed by atoms with van der Waals surface area (Å²) in [6.07, 6.45) is 4.64. The van der Waals surface area contributed by atoms with Crippen molar-refractivity contribution < 1.29 is 8.78 Å². The Balaban J connectivity index is 2.25. The van der Waals surface area contributed by atoms with E-state index in [4.69, 9.17) is 5.73 Å². The van der Waals surface area contributed by atoms with Crippen molar-refractivity contribution in [3.8, 4) is 0 Å². The van der Waals surface area contributed by atoms with E-state index in [-0.39, 0.29) is 6.04 Å². The Morgan fingerprint density at radius 1 is 1.29 bits per heavy atom. The molecule has 1 aromatic carbocycles. The van der Waals surface area contributed by atoms with Crippen LogP contribution in [0.2, 0.25) is 0 Å². The molecular formula is C17H26F2N2. The van der Waals surface area contributed by atoms with Crippen molar-refractivity contribution in [3.63, 3.8) is 0 Å². The van der Waals surface area contributed by atoms with Crippen LogP contribution < -0.4 is 5.73 Å². The molecule has 0 radical (unpaired) electrons. The second-order valence-corrected chi connectivity index (χ2v) is 6.00. The van der Waals surface area contributed by atoms with Gasteiger partial charge in [0.2, 0.25) is 0 Å². The fourth-order valence-corrected chi connectivity index (χ4v) is 3.72. The fourth-order valence-electron chi connectivity index (χ4n) is 3.72. The minimum Gasteiger partial charge on any atom is -0.330 e. The number of nitrogens with two attached hydrogens (primary N) is 1. The van der Waals surface area contributed by atoms with Gasteiger partial charge in [-0.05, 0) is 44.8 Å². The molecule has 2 N–H and O–H groups in total. The van der Waals surface area contributed by atoms with Crippen LogP contribution in [0.5, 0.6) is 0 Å². The first-order valence-electron chi connectivity index (χ1n) is 7.99. The summed E-state index contributed by atoms with van der Waals surface area (Å²) in [5.74, 6) is -1.03. The van der Waals surface area contributed by atoms with E-state index >= 15 is 0 Å². The molecule has 0 amide bonds. The fraction of sp³-hybridized carbons (Fsp3) is 0.647. The number of hydrogen-bond acceptors (Lipinski definition) is 2. The minimum atomic E-state index is -0.769. The molecule has 2 nitrogen and oxygen atoms in total. The summed E-state index contributed by atoms with van der Waals surface area (Å²) < 4.78 is 27.5. The van der Waals surface area contributed by atoms with Crippen LogP contribution in [0.15, 0.2) is 18.2 Å². The van der Waals surface area contributed by atoms with Crippen LogP contribution in [0.4, 0.5) is 8.78 Å². The lowest BCUT2D eigenvalue weighted by Crippen LogP contribution is -2.46. The highest BCUT2D eigenvalue weighted by Crippen LogP contribution is 2.34. The molecular weight excluding hydrogens is 270 g/mol. The molecule has 1 aromatic rings. The van der Waals surface area contributed by atoms with Crippen LogP contribution in [0.25, 0.3) is 0 Å². The molecule has 4 heteroatoms. The van der Waals surface area contributed by atoms with Gasteiger partial charge in [0.15, 0.2) is 11.6 Å². The number of halogens is 2. The Hall–Kier alpha value is -1.00. The third-order valence-corrected chi connectivity index (χ3v) is 4.89. The first-order chi connectivity index (χ1) is 10.1. The summed E-state index contributed by atoms with van der Waals surface area (Å²) in [6.45, 7) is 5.53. The van der Waals surface area contributed by atoms with Gasteiger partial charge in [0.25, 0.3) is 0 Å². The lowest BCUT2D eigenvalue weighted by Gasteiger charge is -2.42. The second-order valence-electron chi connectivity index (χ2n) is 6.00. The molecule has 0 aromatic heterocycles. The van der Waals surface area contributed by atoms with Crippen LogP contribution in [-0.2, 0) is 0 Å². The lowest BCUT2D eigenvalue weighted by molar-refractivity contribution is 0.0752. The largest absolute Gasteiger partial charge is 0.330 e. The molecule has 2 rings (SSSR count). The van der Waals surface area contributed by atoms with Crippen LogP contribution >= 0.6 is 0 Å². The summed E-state index contributed by atoms with van der Waals surface area (Å²) in [5, 5.41) is 0. The summed E-state index contributed by atoms with van der Waals surface area (Å²) in [7, 11) is 0. The van der Waals surface area contributed by atoms with Crippen molar-refractivity contribution in [1.82, 2.24) is 4.90 Å². The Kier molecular flexibility index (Phi) is 5.71. The highest BCUT2D eigenvalue weighted by atomic mass is 19.2. The maximum Gasteiger partial charge on any atom is 0.163 e. The zero-order chi connectivity index (χ0) is 15.4. The first-order valence-corrected chi connectivity index (χ1v) is 7.99. The number of benzene rings is 1. The minimum absolute atomic E-state index is 0.136. The highest BCUT2D eigenvalue weighted by molar-refractivity contribution is 5.22. The van der Waals surface area contributed by atoms with E-state index in [1.54, 1.807) is 12.1 Å². The summed E-state index contributed by atoms with van der Waals surface area (Å²) in [5.41, 5.74) is 6.36. The van der Waals surface area contributed by atoms with E-state index in [9.17, 15) is 8.78 Å². The molecule has 0 bridgehead atoms. The molecule has 1 aliphatic rings. The summed E-state index contributed by atoms with van der Waals surface area (Å²) >= 11 is 0. The zero-order valence-corrected chi connectivity index (χ0v) is 13.0. The van der Waals surface area contributed by atoms with Gasteiger partial charge in [0.1, 0.15) is 0 Å². The number of nitrogens with zero attached hydrogens (tertiary/aromatic N) is 1. The molecule has 1 saturated carbocycles. The summed E-state index contributed by atoms with van der Waals surface area (Å²) in [6, 6.07) is 4.67. The topological polar surface area (TPSA) is 29.3 Å². The smallest absolute Gasteiger partial charge is 0.163 e. The molecule has 1 fully saturated rings. The molecule has 0 spiro atoms. The van der Waals surface area contributed by atoms with Gasteiger partial charge in [0.05, 0.1) is 0 Å². The molecule has 0 saturated heterocycles. The van der Waals surface area contributed by atoms with Crippen molar-refractivity contribution in [2.45, 2.75) is 51.6 Å². The van der Waals surface area contributed by atoms with E-state index in [0.29, 0.717) is 24.1 Å². The van der Waals surface area contributed by atoms with Gasteiger partial charge in [0, 0.05) is 17.6 Å². The van der Waals surface area contributed by atoms with E-state index in [0.717, 1.165) is 19.4 Å². The Bertz CT molecular complexity index is 464. The molecule has 0 aliphatic heterocycles. The predicted octanol–water partition coefficient (Wildman–Crippen LogP) is 3.87. The Labute approximate surface area is 126 Å². The standard InChI is InChI=1S/C17H26F2N2/c1-3-21(16-10-5-4-7-13(16)11-20)12(2)14-8-6-9-15(18)17(14)19/h6,8-9,12-13,16H,3-5,7,10-11,20H2,1-2H3. The average molecular weight is 296 g/mol. The lowest BCUT2D eigenvalue weighted by atomic mass is 9.82. The Morgan fingerprint density at radius 3 is 2.67 bits per heavy atom. The van der Waals surface area contributed by atoms with E-state index in [2.05, 4.69) is 11.8 Å². The van der Waals surface area contributed by atoms with E-state index < -0.39 is 11.6 Å². The van der Waals surface area contributed by atoms with Crippen LogP contribution in [0.1, 0.15) is 51.1 Å². The van der Waals surface area contributed by atoms with Gasteiger partial charge in [-0.3, -0.25) is 4.90 Å². The average Bonchev–Trinajstić information content (AvgIpc) is 2.51. The normalized spacial score (nSPS) is 24.3. The van der Waals surface area contributed by atoms with Crippen LogP contribution in [-0.4, -0.2) is 24.0 Å². The van der Waals surface area contributed by atoms with Gasteiger partial charge in [-0.25, -0.2) is 8.78 Å². The van der Waals surface area contributed by atoms with Crippen molar-refractivity contribution in [2.75, 3.05) is 13.1 Å². The van der Waals surface area contributed by atoms with E-state index in [1.807, 2.05) is 6.92 Å². The number of rotatable bonds is 5. The van der Waals surface area contributed by atoms with Gasteiger partial charge >= 0.3 is 0 Å². The van der Waals surface area contributed by atoms with Crippen molar-refractivity contribution in [2.24, 2.45) is 11.7 Å². The second kappa shape index (κ2) is 7.32. The molecule has 0 heterocycles. The molecule has 1 aliphatic carbocycles. The quantitative estimate of drug-likeness (QED) is 0.894. The first kappa shape index (κ1) is 16.4. The zero-order valence-electron chi connectivity index (χ0n) is 13.0. The van der Waals surface area contributed by atoms with Crippen molar-refractivity contribution >= 4 is 0 Å². The SMILES string of the molecule is CCN(C(C)c1cccc(F)c1F)C1CCCCC1CN. The third-order valence-electron chi connectivity index (χ3n) is 4.89. The molecule has 118 valence electrons. The number of hydrogen-bond donors (Lipinski definition) is 1. The van der Waals surface area contributed by atoms with Gasteiger partial charge in [-0.1, -0.05) is 31.9 Å². The maximum absolute atomic E-state index is 14.1. The third kappa shape index (κ3) is 3.43. The monoisotopic (exact) mass is 296 g/mol. The molecule has 21 heavy (non-hydrogen) atoms. The van der Waals surface area contributed by atoms with Gasteiger partial charge in [-0.15, -0.1) is 0 Å². The Morgan fingerprint density at radius 2 is 2.00 bits per heavy atom. The molecule has 3 unspecified atom stereocenters.